The molecule has 0 aromatic heterocycles. The first-order chi connectivity index (χ1) is 18.2. The van der Waals surface area contributed by atoms with E-state index < -0.39 is 0 Å². The first-order valence-corrected chi connectivity index (χ1v) is 13.0. The van der Waals surface area contributed by atoms with Gasteiger partial charge in [-0.2, -0.15) is 0 Å². The topological polar surface area (TPSA) is 32.3 Å². The third kappa shape index (κ3) is 10.1. The number of likely N-dealkylation sites (N-methyl/N-ethyl adjacent to an activating group) is 2. The molecule has 0 spiro atoms. The van der Waals surface area contributed by atoms with Gasteiger partial charge in [0.1, 0.15) is 11.6 Å². The van der Waals surface area contributed by atoms with Crippen LogP contribution < -0.4 is 5.32 Å². The van der Waals surface area contributed by atoms with Crippen LogP contribution in [0.15, 0.2) is 92.0 Å². The molecule has 7 heteroatoms. The normalized spacial score (nSPS) is 12.1. The van der Waals surface area contributed by atoms with E-state index in [1.54, 1.807) is 48.4 Å². The van der Waals surface area contributed by atoms with E-state index >= 15 is 0 Å². The lowest BCUT2D eigenvalue weighted by Gasteiger charge is -2.24. The smallest absolute Gasteiger partial charge is 0.253 e. The van der Waals surface area contributed by atoms with Gasteiger partial charge in [0.15, 0.2) is 0 Å². The molecule has 3 nitrogen and oxygen atoms in total. The van der Waals surface area contributed by atoms with E-state index in [1.807, 2.05) is 25.3 Å². The molecule has 0 saturated carbocycles. The molecule has 3 aromatic rings. The number of nitrogens with zero attached hydrogens (tertiary/aromatic N) is 1. The van der Waals surface area contributed by atoms with Crippen molar-refractivity contribution in [2.45, 2.75) is 24.7 Å². The van der Waals surface area contributed by atoms with Crippen LogP contribution >= 0.6 is 23.2 Å². The average Bonchev–Trinajstić information content (AvgIpc) is 2.88. The van der Waals surface area contributed by atoms with Gasteiger partial charge >= 0.3 is 0 Å². The number of amides is 1. The average molecular weight is 560 g/mol. The van der Waals surface area contributed by atoms with Gasteiger partial charge < -0.3 is 10.2 Å². The summed E-state index contributed by atoms with van der Waals surface area (Å²) in [6, 6.07) is 17.7. The van der Waals surface area contributed by atoms with Crippen LogP contribution in [0.25, 0.3) is 0 Å². The molecule has 0 aliphatic rings. The van der Waals surface area contributed by atoms with E-state index in [9.17, 15) is 13.6 Å². The molecule has 38 heavy (non-hydrogen) atoms. The van der Waals surface area contributed by atoms with Crippen molar-refractivity contribution in [3.63, 3.8) is 0 Å². The fraction of sp³-hybridized carbons (Fsp3) is 0.258. The van der Waals surface area contributed by atoms with Gasteiger partial charge in [-0.1, -0.05) is 59.6 Å². The molecule has 0 bridgehead atoms. The van der Waals surface area contributed by atoms with E-state index in [4.69, 9.17) is 23.2 Å². The highest BCUT2D eigenvalue weighted by atomic mass is 35.5. The Morgan fingerprint density at radius 2 is 1.32 bits per heavy atom. The second-order valence-corrected chi connectivity index (χ2v) is 9.82. The van der Waals surface area contributed by atoms with Crippen molar-refractivity contribution in [3.8, 4) is 0 Å². The lowest BCUT2D eigenvalue weighted by atomic mass is 9.95. The van der Waals surface area contributed by atoms with Gasteiger partial charge in [0.25, 0.3) is 5.91 Å². The Balaban J connectivity index is 0.000000308. The minimum absolute atomic E-state index is 0.0340. The SMILES string of the molecule is C=CC[C@H](CN(C)C(=O)c1cc(Cl)cc(Cl)c1)c1ccc(F)cc1.C=CC[C@H](CNC)c1ccc(F)cc1. The molecule has 3 aromatic carbocycles. The number of carbonyl (C=O) groups excluding carboxylic acids is 1. The monoisotopic (exact) mass is 558 g/mol. The Hall–Kier alpha value is -2.99. The molecular formula is C31H34Cl2F2N2O. The molecular weight excluding hydrogens is 525 g/mol. The van der Waals surface area contributed by atoms with Crippen LogP contribution in [-0.4, -0.2) is 38.0 Å². The Bertz CT molecular complexity index is 1160. The minimum atomic E-state index is -0.283. The summed E-state index contributed by atoms with van der Waals surface area (Å²) in [4.78, 5) is 14.2. The van der Waals surface area contributed by atoms with Gasteiger partial charge in [0.05, 0.1) is 0 Å². The van der Waals surface area contributed by atoms with E-state index in [1.165, 1.54) is 24.3 Å². The van der Waals surface area contributed by atoms with E-state index in [-0.39, 0.29) is 23.5 Å². The maximum atomic E-state index is 13.1. The zero-order valence-corrected chi connectivity index (χ0v) is 23.3. The molecule has 0 unspecified atom stereocenters. The zero-order chi connectivity index (χ0) is 28.1. The summed E-state index contributed by atoms with van der Waals surface area (Å²) in [6.45, 7) is 8.85. The summed E-state index contributed by atoms with van der Waals surface area (Å²) in [5.41, 5.74) is 2.55. The van der Waals surface area contributed by atoms with Crippen molar-refractivity contribution in [2.24, 2.45) is 0 Å². The number of hydrogen-bond acceptors (Lipinski definition) is 2. The fourth-order valence-corrected chi connectivity index (χ4v) is 4.61. The number of halogens is 4. The van der Waals surface area contributed by atoms with Crippen LogP contribution in [0, 0.1) is 11.6 Å². The Kier molecular flexibility index (Phi) is 13.2. The lowest BCUT2D eigenvalue weighted by Crippen LogP contribution is -2.31. The first-order valence-electron chi connectivity index (χ1n) is 12.3. The van der Waals surface area contributed by atoms with Gasteiger partial charge in [0.2, 0.25) is 0 Å². The Labute approximate surface area is 234 Å². The van der Waals surface area contributed by atoms with Gasteiger partial charge in [-0.3, -0.25) is 4.79 Å². The summed E-state index contributed by atoms with van der Waals surface area (Å²) < 4.78 is 25.8. The maximum Gasteiger partial charge on any atom is 0.253 e. The molecule has 0 fully saturated rings. The number of carbonyl (C=O) groups is 1. The Morgan fingerprint density at radius 3 is 1.76 bits per heavy atom. The zero-order valence-electron chi connectivity index (χ0n) is 21.8. The third-order valence-corrected chi connectivity index (χ3v) is 6.42. The number of nitrogens with one attached hydrogen (secondary N) is 1. The number of benzene rings is 3. The van der Waals surface area contributed by atoms with Gasteiger partial charge in [-0.05, 0) is 79.4 Å². The third-order valence-electron chi connectivity index (χ3n) is 5.99. The summed E-state index contributed by atoms with van der Waals surface area (Å²) in [7, 11) is 3.64. The molecule has 2 atom stereocenters. The van der Waals surface area contributed by atoms with Crippen molar-refractivity contribution in [2.75, 3.05) is 27.2 Å². The molecule has 0 aliphatic carbocycles. The van der Waals surface area contributed by atoms with E-state index in [0.717, 1.165) is 24.1 Å². The van der Waals surface area contributed by atoms with Crippen molar-refractivity contribution >= 4 is 29.1 Å². The predicted molar refractivity (Wildman–Crippen MR) is 155 cm³/mol. The summed E-state index contributed by atoms with van der Waals surface area (Å²) in [5, 5.41) is 3.96. The second-order valence-electron chi connectivity index (χ2n) is 8.95. The second kappa shape index (κ2) is 16.1. The number of allylic oxidation sites excluding steroid dienone is 2. The van der Waals surface area contributed by atoms with Gasteiger partial charge in [-0.15, -0.1) is 13.2 Å². The Morgan fingerprint density at radius 1 is 0.868 bits per heavy atom. The molecule has 0 saturated heterocycles. The lowest BCUT2D eigenvalue weighted by molar-refractivity contribution is 0.0786. The molecule has 3 rings (SSSR count). The molecule has 202 valence electrons. The molecule has 0 aliphatic heterocycles. The molecule has 1 amide bonds. The molecule has 1 N–H and O–H groups in total. The minimum Gasteiger partial charge on any atom is -0.341 e. The largest absolute Gasteiger partial charge is 0.341 e. The van der Waals surface area contributed by atoms with Gasteiger partial charge in [0, 0.05) is 41.7 Å². The van der Waals surface area contributed by atoms with E-state index in [0.29, 0.717) is 34.5 Å². The standard InChI is InChI=1S/C19H18Cl2FNO.C12H16FN/c1-3-4-14(13-5-7-18(22)8-6-13)12-23(2)19(24)15-9-16(20)11-17(21)10-15;1-3-4-11(9-14-2)10-5-7-12(13)8-6-10/h3,5-11,14H,1,4,12H2,2H3;3,5-8,11,14H,1,4,9H2,2H3/t14-;11-/m11/s1. The number of hydrogen-bond donors (Lipinski definition) is 1. The van der Waals surface area contributed by atoms with Crippen LogP contribution in [0.3, 0.4) is 0 Å². The van der Waals surface area contributed by atoms with E-state index in [2.05, 4.69) is 18.5 Å². The summed E-state index contributed by atoms with van der Waals surface area (Å²) >= 11 is 11.9. The molecule has 0 radical (unpaired) electrons. The van der Waals surface area contributed by atoms with Crippen LogP contribution in [0.5, 0.6) is 0 Å². The van der Waals surface area contributed by atoms with Crippen LogP contribution in [0.2, 0.25) is 10.0 Å². The van der Waals surface area contributed by atoms with Crippen molar-refractivity contribution in [1.29, 1.82) is 0 Å². The fourth-order valence-electron chi connectivity index (χ4n) is 4.08. The van der Waals surface area contributed by atoms with Gasteiger partial charge in [-0.25, -0.2) is 8.78 Å². The summed E-state index contributed by atoms with van der Waals surface area (Å²) in [6.07, 6.45) is 5.28. The number of rotatable bonds is 11. The summed E-state index contributed by atoms with van der Waals surface area (Å²) in [5.74, 6) is -0.218. The predicted octanol–water partition coefficient (Wildman–Crippen LogP) is 8.27. The van der Waals surface area contributed by atoms with Crippen LogP contribution in [0.4, 0.5) is 8.78 Å². The van der Waals surface area contributed by atoms with Crippen LogP contribution in [-0.2, 0) is 0 Å². The highest BCUT2D eigenvalue weighted by Gasteiger charge is 2.19. The first kappa shape index (κ1) is 31.2. The van der Waals surface area contributed by atoms with Crippen molar-refractivity contribution in [1.82, 2.24) is 10.2 Å². The van der Waals surface area contributed by atoms with Crippen molar-refractivity contribution in [3.05, 3.63) is 130 Å². The maximum absolute atomic E-state index is 13.1. The van der Waals surface area contributed by atoms with Crippen LogP contribution in [0.1, 0.15) is 46.2 Å². The van der Waals surface area contributed by atoms with Crippen molar-refractivity contribution < 1.29 is 13.6 Å². The quantitative estimate of drug-likeness (QED) is 0.240. The molecule has 0 heterocycles. The highest BCUT2D eigenvalue weighted by molar-refractivity contribution is 6.35. The highest BCUT2D eigenvalue weighted by Crippen LogP contribution is 2.24.